The Balaban J connectivity index is 2.08. The molecular formula is C14H17N3O. The van der Waals surface area contributed by atoms with Crippen molar-refractivity contribution in [3.8, 4) is 0 Å². The summed E-state index contributed by atoms with van der Waals surface area (Å²) in [5, 5.41) is 9.41. The van der Waals surface area contributed by atoms with Crippen LogP contribution in [-0.4, -0.2) is 34.3 Å². The van der Waals surface area contributed by atoms with Crippen LogP contribution in [0.5, 0.6) is 0 Å². The molecule has 1 aliphatic heterocycles. The molecule has 1 aromatic carbocycles. The van der Waals surface area contributed by atoms with E-state index in [9.17, 15) is 5.11 Å². The van der Waals surface area contributed by atoms with Crippen LogP contribution < -0.4 is 4.90 Å². The third-order valence-electron chi connectivity index (χ3n) is 3.58. The van der Waals surface area contributed by atoms with Crippen LogP contribution in [0.15, 0.2) is 24.3 Å². The van der Waals surface area contributed by atoms with Crippen LogP contribution in [0.2, 0.25) is 0 Å². The fourth-order valence-corrected chi connectivity index (χ4v) is 2.66. The summed E-state index contributed by atoms with van der Waals surface area (Å²) in [6, 6.07) is 8.10. The highest BCUT2D eigenvalue weighted by Gasteiger charge is 2.26. The molecule has 0 aliphatic carbocycles. The first kappa shape index (κ1) is 11.4. The number of aliphatic hydroxyl groups is 1. The molecule has 1 aliphatic rings. The zero-order valence-electron chi connectivity index (χ0n) is 10.5. The molecular weight excluding hydrogens is 226 g/mol. The average molecular weight is 243 g/mol. The highest BCUT2D eigenvalue weighted by atomic mass is 16.3. The number of rotatable bonds is 2. The van der Waals surface area contributed by atoms with Gasteiger partial charge in [0.15, 0.2) is 5.82 Å². The highest BCUT2D eigenvalue weighted by molar-refractivity contribution is 5.76. The lowest BCUT2D eigenvalue weighted by Gasteiger charge is -2.25. The third-order valence-corrected chi connectivity index (χ3v) is 3.58. The Labute approximate surface area is 106 Å². The number of anilines is 1. The van der Waals surface area contributed by atoms with E-state index in [0.717, 1.165) is 41.9 Å². The Hall–Kier alpha value is -1.68. The maximum atomic E-state index is 9.41. The fraction of sp³-hybridized carbons (Fsp3) is 0.429. The summed E-state index contributed by atoms with van der Waals surface area (Å²) in [6.45, 7) is 3.13. The third kappa shape index (κ3) is 1.82. The van der Waals surface area contributed by atoms with Crippen LogP contribution in [0.25, 0.3) is 11.0 Å². The van der Waals surface area contributed by atoms with E-state index in [1.54, 1.807) is 0 Å². The molecule has 0 amide bonds. The first-order chi connectivity index (χ1) is 8.79. The second kappa shape index (κ2) is 4.53. The van der Waals surface area contributed by atoms with Crippen molar-refractivity contribution in [1.82, 2.24) is 9.97 Å². The van der Waals surface area contributed by atoms with Gasteiger partial charge in [-0.3, -0.25) is 0 Å². The summed E-state index contributed by atoms with van der Waals surface area (Å²) < 4.78 is 0. The maximum Gasteiger partial charge on any atom is 0.151 e. The molecule has 2 aromatic rings. The quantitative estimate of drug-likeness (QED) is 0.875. The van der Waals surface area contributed by atoms with Gasteiger partial charge in [-0.1, -0.05) is 12.1 Å². The molecule has 0 spiro atoms. The smallest absolute Gasteiger partial charge is 0.151 e. The number of hydrogen-bond donors (Lipinski definition) is 1. The first-order valence-electron chi connectivity index (χ1n) is 6.40. The molecule has 1 N–H and O–H groups in total. The zero-order chi connectivity index (χ0) is 12.5. The Bertz CT molecular complexity index is 570. The van der Waals surface area contributed by atoms with Gasteiger partial charge in [0.25, 0.3) is 0 Å². The van der Waals surface area contributed by atoms with Gasteiger partial charge in [0.05, 0.1) is 29.4 Å². The summed E-state index contributed by atoms with van der Waals surface area (Å²) in [5.41, 5.74) is 2.79. The van der Waals surface area contributed by atoms with Gasteiger partial charge < -0.3 is 10.0 Å². The van der Waals surface area contributed by atoms with E-state index in [4.69, 9.17) is 4.98 Å². The van der Waals surface area contributed by atoms with Crippen molar-refractivity contribution < 1.29 is 5.11 Å². The van der Waals surface area contributed by atoms with E-state index < -0.39 is 0 Å². The molecule has 1 saturated heterocycles. The fourth-order valence-electron chi connectivity index (χ4n) is 2.66. The molecule has 3 rings (SSSR count). The van der Waals surface area contributed by atoms with Gasteiger partial charge in [-0.25, -0.2) is 9.97 Å². The molecule has 1 atom stereocenters. The van der Waals surface area contributed by atoms with E-state index in [0.29, 0.717) is 0 Å². The predicted octanol–water partition coefficient (Wildman–Crippen LogP) is 1.90. The number of benzene rings is 1. The van der Waals surface area contributed by atoms with Gasteiger partial charge >= 0.3 is 0 Å². The number of para-hydroxylation sites is 2. The Morgan fingerprint density at radius 2 is 2.00 bits per heavy atom. The summed E-state index contributed by atoms with van der Waals surface area (Å²) in [6.07, 6.45) is 2.14. The largest absolute Gasteiger partial charge is 0.394 e. The minimum absolute atomic E-state index is 0.188. The molecule has 1 aromatic heterocycles. The van der Waals surface area contributed by atoms with E-state index in [-0.39, 0.29) is 12.6 Å². The molecule has 0 unspecified atom stereocenters. The summed E-state index contributed by atoms with van der Waals surface area (Å²) in [4.78, 5) is 11.5. The minimum Gasteiger partial charge on any atom is -0.394 e. The highest BCUT2D eigenvalue weighted by Crippen LogP contribution is 2.27. The van der Waals surface area contributed by atoms with Crippen LogP contribution >= 0.6 is 0 Å². The van der Waals surface area contributed by atoms with E-state index >= 15 is 0 Å². The van der Waals surface area contributed by atoms with Crippen LogP contribution in [0, 0.1) is 6.92 Å². The average Bonchev–Trinajstić information content (AvgIpc) is 2.86. The van der Waals surface area contributed by atoms with Gasteiger partial charge in [-0.05, 0) is 31.9 Å². The summed E-state index contributed by atoms with van der Waals surface area (Å²) in [5.74, 6) is 0.922. The zero-order valence-corrected chi connectivity index (χ0v) is 10.5. The number of aryl methyl sites for hydroxylation is 1. The Kier molecular flexibility index (Phi) is 2.88. The van der Waals surface area contributed by atoms with Gasteiger partial charge in [0, 0.05) is 6.54 Å². The topological polar surface area (TPSA) is 49.2 Å². The molecule has 0 bridgehead atoms. The van der Waals surface area contributed by atoms with Crippen molar-refractivity contribution in [3.05, 3.63) is 30.0 Å². The number of aliphatic hydroxyl groups excluding tert-OH is 1. The molecule has 0 saturated carbocycles. The van der Waals surface area contributed by atoms with Gasteiger partial charge in [0.2, 0.25) is 0 Å². The van der Waals surface area contributed by atoms with Crippen LogP contribution in [0.1, 0.15) is 18.5 Å². The second-order valence-corrected chi connectivity index (χ2v) is 4.79. The summed E-state index contributed by atoms with van der Waals surface area (Å²) >= 11 is 0. The number of aromatic nitrogens is 2. The number of fused-ring (bicyclic) bond motifs is 1. The SMILES string of the molecule is Cc1nc2ccccc2nc1N1CCC[C@@H]1CO. The van der Waals surface area contributed by atoms with E-state index in [1.807, 2.05) is 31.2 Å². The lowest BCUT2D eigenvalue weighted by Crippen LogP contribution is -2.33. The molecule has 0 radical (unpaired) electrons. The van der Waals surface area contributed by atoms with Crippen molar-refractivity contribution in [3.63, 3.8) is 0 Å². The van der Waals surface area contributed by atoms with Gasteiger partial charge in [-0.2, -0.15) is 0 Å². The molecule has 94 valence electrons. The summed E-state index contributed by atoms with van der Waals surface area (Å²) in [7, 11) is 0. The molecule has 18 heavy (non-hydrogen) atoms. The first-order valence-corrected chi connectivity index (χ1v) is 6.40. The van der Waals surface area contributed by atoms with Crippen molar-refractivity contribution in [2.45, 2.75) is 25.8 Å². The maximum absolute atomic E-state index is 9.41. The van der Waals surface area contributed by atoms with Crippen LogP contribution in [0.3, 0.4) is 0 Å². The van der Waals surface area contributed by atoms with Crippen molar-refractivity contribution in [2.24, 2.45) is 0 Å². The van der Waals surface area contributed by atoms with Crippen molar-refractivity contribution in [1.29, 1.82) is 0 Å². The Morgan fingerprint density at radius 1 is 1.28 bits per heavy atom. The second-order valence-electron chi connectivity index (χ2n) is 4.79. The Morgan fingerprint density at radius 3 is 2.72 bits per heavy atom. The molecule has 4 heteroatoms. The standard InChI is InChI=1S/C14H17N3O/c1-10-14(17-8-4-5-11(17)9-18)16-13-7-3-2-6-12(13)15-10/h2-3,6-7,11,18H,4-5,8-9H2,1H3/t11-/m1/s1. The molecule has 2 heterocycles. The monoisotopic (exact) mass is 243 g/mol. The van der Waals surface area contributed by atoms with Crippen molar-refractivity contribution >= 4 is 16.9 Å². The van der Waals surface area contributed by atoms with Gasteiger partial charge in [0.1, 0.15) is 0 Å². The van der Waals surface area contributed by atoms with Crippen molar-refractivity contribution in [2.75, 3.05) is 18.1 Å². The normalized spacial score (nSPS) is 19.7. The predicted molar refractivity (Wildman–Crippen MR) is 71.7 cm³/mol. The number of hydrogen-bond acceptors (Lipinski definition) is 4. The van der Waals surface area contributed by atoms with Gasteiger partial charge in [-0.15, -0.1) is 0 Å². The lowest BCUT2D eigenvalue weighted by molar-refractivity contribution is 0.266. The minimum atomic E-state index is 0.188. The van der Waals surface area contributed by atoms with Crippen LogP contribution in [0.4, 0.5) is 5.82 Å². The van der Waals surface area contributed by atoms with Crippen LogP contribution in [-0.2, 0) is 0 Å². The van der Waals surface area contributed by atoms with E-state index in [1.165, 1.54) is 0 Å². The van der Waals surface area contributed by atoms with E-state index in [2.05, 4.69) is 9.88 Å². The molecule has 4 nitrogen and oxygen atoms in total. The lowest BCUT2D eigenvalue weighted by atomic mass is 10.2. The number of nitrogens with zero attached hydrogens (tertiary/aromatic N) is 3. The molecule has 1 fully saturated rings.